The summed E-state index contributed by atoms with van der Waals surface area (Å²) in [5.74, 6) is 1.96. The highest BCUT2D eigenvalue weighted by molar-refractivity contribution is 6.06. The van der Waals surface area contributed by atoms with Crippen molar-refractivity contribution < 1.29 is 23.4 Å². The zero-order valence-corrected chi connectivity index (χ0v) is 17.6. The van der Waals surface area contributed by atoms with Crippen molar-refractivity contribution in [1.29, 1.82) is 0 Å². The maximum atomic E-state index is 12.7. The molecular weight excluding hydrogens is 410 g/mol. The summed E-state index contributed by atoms with van der Waals surface area (Å²) in [6.07, 6.45) is 0. The van der Waals surface area contributed by atoms with Crippen molar-refractivity contribution in [3.8, 4) is 28.7 Å². The van der Waals surface area contributed by atoms with Crippen molar-refractivity contribution in [2.45, 2.75) is 6.61 Å². The predicted molar refractivity (Wildman–Crippen MR) is 118 cm³/mol. The average Bonchev–Trinajstić information content (AvgIpc) is 3.32. The van der Waals surface area contributed by atoms with Gasteiger partial charge in [-0.3, -0.25) is 4.79 Å². The van der Waals surface area contributed by atoms with Gasteiger partial charge in [0.05, 0.1) is 19.8 Å². The molecule has 0 fully saturated rings. The number of hydrogen-bond acceptors (Lipinski definition) is 7. The lowest BCUT2D eigenvalue weighted by Crippen LogP contribution is -2.13. The summed E-state index contributed by atoms with van der Waals surface area (Å²) in [6.45, 7) is 0.131. The molecule has 3 aromatic carbocycles. The maximum absolute atomic E-state index is 12.7. The van der Waals surface area contributed by atoms with E-state index in [1.54, 1.807) is 42.5 Å². The number of ether oxygens (including phenoxy) is 3. The van der Waals surface area contributed by atoms with Crippen molar-refractivity contribution in [3.63, 3.8) is 0 Å². The van der Waals surface area contributed by atoms with E-state index in [0.717, 1.165) is 5.56 Å². The fraction of sp³-hybridized carbons (Fsp3) is 0.125. The lowest BCUT2D eigenvalue weighted by atomic mass is 10.1. The molecule has 0 radical (unpaired) electrons. The first-order valence-electron chi connectivity index (χ1n) is 9.81. The molecule has 4 aromatic rings. The van der Waals surface area contributed by atoms with E-state index in [4.69, 9.17) is 18.6 Å². The number of carbonyl (C=O) groups is 1. The van der Waals surface area contributed by atoms with Gasteiger partial charge in [0.2, 0.25) is 5.89 Å². The summed E-state index contributed by atoms with van der Waals surface area (Å²) in [5, 5.41) is 10.9. The lowest BCUT2D eigenvalue weighted by molar-refractivity contribution is 0.102. The van der Waals surface area contributed by atoms with E-state index < -0.39 is 0 Å². The molecule has 162 valence electrons. The molecule has 0 bridgehead atoms. The van der Waals surface area contributed by atoms with Crippen molar-refractivity contribution in [2.75, 3.05) is 19.5 Å². The highest BCUT2D eigenvalue weighted by atomic mass is 16.5. The van der Waals surface area contributed by atoms with Crippen LogP contribution in [0.2, 0.25) is 0 Å². The summed E-state index contributed by atoms with van der Waals surface area (Å²) in [5.41, 5.74) is 1.83. The molecular formula is C24H21N3O5. The molecule has 0 aliphatic carbocycles. The first-order chi connectivity index (χ1) is 15.7. The number of anilines is 1. The summed E-state index contributed by atoms with van der Waals surface area (Å²) in [4.78, 5) is 12.7. The van der Waals surface area contributed by atoms with Gasteiger partial charge >= 0.3 is 0 Å². The Morgan fingerprint density at radius 3 is 2.41 bits per heavy atom. The lowest BCUT2D eigenvalue weighted by Gasteiger charge is -2.12. The second-order valence-corrected chi connectivity index (χ2v) is 6.68. The van der Waals surface area contributed by atoms with Gasteiger partial charge in [0.1, 0.15) is 5.75 Å². The van der Waals surface area contributed by atoms with Crippen LogP contribution >= 0.6 is 0 Å². The van der Waals surface area contributed by atoms with Crippen LogP contribution in [0.15, 0.2) is 77.2 Å². The number of benzene rings is 3. The number of para-hydroxylation sites is 1. The molecule has 0 unspecified atom stereocenters. The molecule has 0 saturated carbocycles. The first kappa shape index (κ1) is 20.9. The zero-order valence-electron chi connectivity index (χ0n) is 17.6. The minimum atomic E-state index is -0.311. The monoisotopic (exact) mass is 431 g/mol. The molecule has 8 heteroatoms. The highest BCUT2D eigenvalue weighted by Crippen LogP contribution is 2.31. The summed E-state index contributed by atoms with van der Waals surface area (Å²) in [6, 6.07) is 21.6. The zero-order chi connectivity index (χ0) is 22.3. The van der Waals surface area contributed by atoms with Crippen LogP contribution in [-0.2, 0) is 6.61 Å². The van der Waals surface area contributed by atoms with Crippen LogP contribution in [0, 0.1) is 0 Å². The minimum absolute atomic E-state index is 0.131. The third kappa shape index (κ3) is 4.70. The van der Waals surface area contributed by atoms with Gasteiger partial charge in [0.25, 0.3) is 11.8 Å². The third-order valence-corrected chi connectivity index (χ3v) is 4.61. The molecule has 32 heavy (non-hydrogen) atoms. The van der Waals surface area contributed by atoms with Gasteiger partial charge in [0.15, 0.2) is 18.1 Å². The van der Waals surface area contributed by atoms with Crippen LogP contribution in [0.5, 0.6) is 17.2 Å². The normalized spacial score (nSPS) is 10.4. The molecule has 1 N–H and O–H groups in total. The van der Waals surface area contributed by atoms with Gasteiger partial charge in [-0.15, -0.1) is 10.2 Å². The molecule has 0 aliphatic rings. The molecule has 0 atom stereocenters. The number of aromatic nitrogens is 2. The number of methoxy groups -OCH3 is 2. The molecule has 1 aromatic heterocycles. The Labute approximate surface area is 184 Å². The van der Waals surface area contributed by atoms with E-state index in [0.29, 0.717) is 40.3 Å². The maximum Gasteiger partial charge on any atom is 0.259 e. The molecule has 1 heterocycles. The van der Waals surface area contributed by atoms with E-state index in [1.807, 2.05) is 30.3 Å². The number of nitrogens with zero attached hydrogens (tertiary/aromatic N) is 2. The van der Waals surface area contributed by atoms with Crippen LogP contribution < -0.4 is 19.5 Å². The Bertz CT molecular complexity index is 1190. The van der Waals surface area contributed by atoms with E-state index in [9.17, 15) is 4.79 Å². The summed E-state index contributed by atoms with van der Waals surface area (Å²) in [7, 11) is 3.02. The fourth-order valence-corrected chi connectivity index (χ4v) is 3.05. The van der Waals surface area contributed by atoms with Crippen molar-refractivity contribution in [1.82, 2.24) is 10.2 Å². The minimum Gasteiger partial charge on any atom is -0.493 e. The number of hydrogen-bond donors (Lipinski definition) is 1. The first-order valence-corrected chi connectivity index (χ1v) is 9.81. The van der Waals surface area contributed by atoms with Gasteiger partial charge in [-0.25, -0.2) is 0 Å². The summed E-state index contributed by atoms with van der Waals surface area (Å²) < 4.78 is 21.9. The number of nitrogens with one attached hydrogen (secondary N) is 1. The Hall–Kier alpha value is -4.33. The van der Waals surface area contributed by atoms with Crippen molar-refractivity contribution >= 4 is 11.6 Å². The topological polar surface area (TPSA) is 95.7 Å². The molecule has 0 aliphatic heterocycles. The summed E-state index contributed by atoms with van der Waals surface area (Å²) >= 11 is 0. The van der Waals surface area contributed by atoms with Gasteiger partial charge in [-0.1, -0.05) is 24.3 Å². The Morgan fingerprint density at radius 1 is 0.906 bits per heavy atom. The van der Waals surface area contributed by atoms with Crippen LogP contribution in [0.1, 0.15) is 16.2 Å². The molecule has 0 spiro atoms. The number of amides is 1. The van der Waals surface area contributed by atoms with Crippen molar-refractivity contribution in [2.24, 2.45) is 0 Å². The number of carbonyl (C=O) groups excluding carboxylic acids is 1. The SMILES string of the molecule is COc1cccc(C(=O)Nc2ccc(OCc3nnc(-c4ccccc4)o3)cc2)c1OC. The second-order valence-electron chi connectivity index (χ2n) is 6.68. The quantitative estimate of drug-likeness (QED) is 0.436. The Kier molecular flexibility index (Phi) is 6.31. The predicted octanol–water partition coefficient (Wildman–Crippen LogP) is 4.59. The second kappa shape index (κ2) is 9.65. The fourth-order valence-electron chi connectivity index (χ4n) is 3.05. The number of rotatable bonds is 8. The van der Waals surface area contributed by atoms with Gasteiger partial charge in [-0.2, -0.15) is 0 Å². The van der Waals surface area contributed by atoms with Crippen LogP contribution in [0.3, 0.4) is 0 Å². The Morgan fingerprint density at radius 2 is 1.69 bits per heavy atom. The van der Waals surface area contributed by atoms with Crippen LogP contribution in [-0.4, -0.2) is 30.3 Å². The van der Waals surface area contributed by atoms with E-state index in [2.05, 4.69) is 15.5 Å². The van der Waals surface area contributed by atoms with E-state index >= 15 is 0 Å². The van der Waals surface area contributed by atoms with E-state index in [1.165, 1.54) is 14.2 Å². The molecule has 0 saturated heterocycles. The van der Waals surface area contributed by atoms with Crippen LogP contribution in [0.4, 0.5) is 5.69 Å². The smallest absolute Gasteiger partial charge is 0.259 e. The molecule has 4 rings (SSSR count). The Balaban J connectivity index is 1.37. The van der Waals surface area contributed by atoms with Gasteiger partial charge in [0, 0.05) is 11.3 Å². The van der Waals surface area contributed by atoms with Crippen molar-refractivity contribution in [3.05, 3.63) is 84.3 Å². The third-order valence-electron chi connectivity index (χ3n) is 4.61. The largest absolute Gasteiger partial charge is 0.493 e. The highest BCUT2D eigenvalue weighted by Gasteiger charge is 2.16. The van der Waals surface area contributed by atoms with E-state index in [-0.39, 0.29) is 12.5 Å². The van der Waals surface area contributed by atoms with Gasteiger partial charge < -0.3 is 23.9 Å². The van der Waals surface area contributed by atoms with Crippen LogP contribution in [0.25, 0.3) is 11.5 Å². The molecule has 8 nitrogen and oxygen atoms in total. The van der Waals surface area contributed by atoms with Gasteiger partial charge in [-0.05, 0) is 48.5 Å². The standard InChI is InChI=1S/C24H21N3O5/c1-29-20-10-6-9-19(22(20)30-2)23(28)25-17-11-13-18(14-12-17)31-15-21-26-27-24(32-21)16-7-4-3-5-8-16/h3-14H,15H2,1-2H3,(H,25,28). The average molecular weight is 431 g/mol. The molecule has 1 amide bonds.